The predicted octanol–water partition coefficient (Wildman–Crippen LogP) is 4.09. The minimum Gasteiger partial charge on any atom is -0.324 e. The molecule has 0 fully saturated rings. The molecule has 21 heavy (non-hydrogen) atoms. The van der Waals surface area contributed by atoms with Gasteiger partial charge >= 0.3 is 0 Å². The molecule has 0 aliphatic rings. The van der Waals surface area contributed by atoms with Crippen LogP contribution in [-0.4, -0.2) is 4.98 Å². The molecular formula is C19H20N2. The van der Waals surface area contributed by atoms with Crippen molar-refractivity contribution in [1.29, 1.82) is 0 Å². The van der Waals surface area contributed by atoms with Gasteiger partial charge in [-0.1, -0.05) is 30.3 Å². The molecular weight excluding hydrogens is 256 g/mol. The molecule has 1 heterocycles. The van der Waals surface area contributed by atoms with Crippen molar-refractivity contribution in [3.63, 3.8) is 0 Å². The van der Waals surface area contributed by atoms with E-state index in [0.717, 1.165) is 22.9 Å². The van der Waals surface area contributed by atoms with E-state index < -0.39 is 0 Å². The zero-order valence-corrected chi connectivity index (χ0v) is 12.5. The summed E-state index contributed by atoms with van der Waals surface area (Å²) in [6.07, 6.45) is 2.67. The maximum atomic E-state index is 6.39. The highest BCUT2D eigenvalue weighted by molar-refractivity contribution is 5.79. The van der Waals surface area contributed by atoms with Crippen LogP contribution >= 0.6 is 0 Å². The number of nitrogens with zero attached hydrogens (tertiary/aromatic N) is 1. The predicted molar refractivity (Wildman–Crippen MR) is 88.3 cm³/mol. The first-order chi connectivity index (χ1) is 10.1. The van der Waals surface area contributed by atoms with Crippen LogP contribution in [0.3, 0.4) is 0 Å². The first-order valence-corrected chi connectivity index (χ1v) is 7.30. The zero-order chi connectivity index (χ0) is 14.8. The Bertz CT molecular complexity index is 777. The number of benzene rings is 2. The molecule has 0 saturated heterocycles. The first kappa shape index (κ1) is 13.8. The fourth-order valence-electron chi connectivity index (χ4n) is 2.63. The third kappa shape index (κ3) is 2.96. The number of aromatic nitrogens is 1. The number of hydrogen-bond donors (Lipinski definition) is 1. The molecule has 1 aromatic heterocycles. The van der Waals surface area contributed by atoms with Crippen molar-refractivity contribution in [2.24, 2.45) is 5.73 Å². The van der Waals surface area contributed by atoms with Crippen molar-refractivity contribution in [2.45, 2.75) is 26.3 Å². The van der Waals surface area contributed by atoms with Crippen LogP contribution in [-0.2, 0) is 6.42 Å². The van der Waals surface area contributed by atoms with Gasteiger partial charge in [0.2, 0.25) is 0 Å². The van der Waals surface area contributed by atoms with Crippen LogP contribution in [0.5, 0.6) is 0 Å². The van der Waals surface area contributed by atoms with Crippen molar-refractivity contribution in [2.75, 3.05) is 0 Å². The topological polar surface area (TPSA) is 38.9 Å². The highest BCUT2D eigenvalue weighted by Gasteiger charge is 2.09. The fraction of sp³-hybridized carbons (Fsp3) is 0.211. The molecule has 0 saturated carbocycles. The van der Waals surface area contributed by atoms with Crippen LogP contribution in [0.2, 0.25) is 0 Å². The second kappa shape index (κ2) is 5.66. The molecule has 3 aromatic rings. The third-order valence-corrected chi connectivity index (χ3v) is 4.08. The minimum absolute atomic E-state index is 0.0108. The third-order valence-electron chi connectivity index (χ3n) is 4.08. The van der Waals surface area contributed by atoms with E-state index in [0.29, 0.717) is 0 Å². The monoisotopic (exact) mass is 276 g/mol. The quantitative estimate of drug-likeness (QED) is 0.782. The lowest BCUT2D eigenvalue weighted by Gasteiger charge is -2.14. The van der Waals surface area contributed by atoms with Gasteiger partial charge in [0.15, 0.2) is 0 Å². The summed E-state index contributed by atoms with van der Waals surface area (Å²) in [6.45, 7) is 4.28. The summed E-state index contributed by atoms with van der Waals surface area (Å²) in [5.41, 5.74) is 12.5. The van der Waals surface area contributed by atoms with Crippen LogP contribution < -0.4 is 5.73 Å². The number of hydrogen-bond acceptors (Lipinski definition) is 2. The van der Waals surface area contributed by atoms with Gasteiger partial charge in [-0.15, -0.1) is 0 Å². The Morgan fingerprint density at radius 3 is 2.67 bits per heavy atom. The first-order valence-electron chi connectivity index (χ1n) is 7.30. The molecule has 0 bridgehead atoms. The van der Waals surface area contributed by atoms with Gasteiger partial charge in [0.25, 0.3) is 0 Å². The van der Waals surface area contributed by atoms with E-state index >= 15 is 0 Å². The highest BCUT2D eigenvalue weighted by atomic mass is 14.7. The Morgan fingerprint density at radius 2 is 1.86 bits per heavy atom. The molecule has 0 amide bonds. The molecule has 0 aliphatic carbocycles. The number of aryl methyl sites for hydroxylation is 2. The maximum absolute atomic E-state index is 6.39. The second-order valence-corrected chi connectivity index (χ2v) is 5.68. The Morgan fingerprint density at radius 1 is 1.00 bits per heavy atom. The summed E-state index contributed by atoms with van der Waals surface area (Å²) in [6, 6.07) is 16.9. The second-order valence-electron chi connectivity index (χ2n) is 5.68. The standard InChI is InChI=1S/C19H20N2/c1-13-5-6-15(10-14(13)2)11-18(20)16-7-8-19-17(12-16)4-3-9-21-19/h3-10,12,18H,11,20H2,1-2H3. The molecule has 2 N–H and O–H groups in total. The molecule has 1 unspecified atom stereocenters. The van der Waals surface area contributed by atoms with E-state index in [2.05, 4.69) is 55.2 Å². The summed E-state index contributed by atoms with van der Waals surface area (Å²) < 4.78 is 0. The van der Waals surface area contributed by atoms with Crippen LogP contribution in [0, 0.1) is 13.8 Å². The van der Waals surface area contributed by atoms with Crippen molar-refractivity contribution < 1.29 is 0 Å². The molecule has 2 heteroatoms. The van der Waals surface area contributed by atoms with E-state index in [4.69, 9.17) is 5.73 Å². The average molecular weight is 276 g/mol. The smallest absolute Gasteiger partial charge is 0.0702 e. The van der Waals surface area contributed by atoms with Gasteiger partial charge in [0, 0.05) is 17.6 Å². The highest BCUT2D eigenvalue weighted by Crippen LogP contribution is 2.21. The molecule has 1 atom stereocenters. The Hall–Kier alpha value is -2.19. The van der Waals surface area contributed by atoms with Gasteiger partial charge in [-0.25, -0.2) is 0 Å². The van der Waals surface area contributed by atoms with E-state index in [9.17, 15) is 0 Å². The lowest BCUT2D eigenvalue weighted by Crippen LogP contribution is -2.13. The van der Waals surface area contributed by atoms with Gasteiger partial charge in [0.05, 0.1) is 5.52 Å². The van der Waals surface area contributed by atoms with Gasteiger partial charge in [-0.3, -0.25) is 4.98 Å². The molecule has 2 nitrogen and oxygen atoms in total. The zero-order valence-electron chi connectivity index (χ0n) is 12.5. The normalized spacial score (nSPS) is 12.5. The maximum Gasteiger partial charge on any atom is 0.0702 e. The van der Waals surface area contributed by atoms with E-state index in [1.54, 1.807) is 0 Å². The number of rotatable bonds is 3. The molecule has 3 rings (SSSR count). The van der Waals surface area contributed by atoms with Gasteiger partial charge < -0.3 is 5.73 Å². The van der Waals surface area contributed by atoms with Gasteiger partial charge in [-0.05, 0) is 60.7 Å². The summed E-state index contributed by atoms with van der Waals surface area (Å²) in [5, 5.41) is 1.14. The van der Waals surface area contributed by atoms with Crippen LogP contribution in [0.15, 0.2) is 54.7 Å². The summed E-state index contributed by atoms with van der Waals surface area (Å²) in [5.74, 6) is 0. The fourth-order valence-corrected chi connectivity index (χ4v) is 2.63. The molecule has 106 valence electrons. The largest absolute Gasteiger partial charge is 0.324 e. The summed E-state index contributed by atoms with van der Waals surface area (Å²) >= 11 is 0. The van der Waals surface area contributed by atoms with Crippen molar-refractivity contribution in [3.05, 3.63) is 77.0 Å². The van der Waals surface area contributed by atoms with E-state index in [1.807, 2.05) is 18.3 Å². The minimum atomic E-state index is 0.0108. The van der Waals surface area contributed by atoms with Crippen LogP contribution in [0.4, 0.5) is 0 Å². The van der Waals surface area contributed by atoms with Crippen molar-refractivity contribution >= 4 is 10.9 Å². The van der Waals surface area contributed by atoms with Crippen molar-refractivity contribution in [3.8, 4) is 0 Å². The van der Waals surface area contributed by atoms with Gasteiger partial charge in [-0.2, -0.15) is 0 Å². The van der Waals surface area contributed by atoms with Crippen LogP contribution in [0.1, 0.15) is 28.3 Å². The van der Waals surface area contributed by atoms with Crippen molar-refractivity contribution in [1.82, 2.24) is 4.98 Å². The molecule has 0 radical (unpaired) electrons. The summed E-state index contributed by atoms with van der Waals surface area (Å²) in [7, 11) is 0. The van der Waals surface area contributed by atoms with Gasteiger partial charge in [0.1, 0.15) is 0 Å². The van der Waals surface area contributed by atoms with Crippen LogP contribution in [0.25, 0.3) is 10.9 Å². The number of nitrogens with two attached hydrogens (primary N) is 1. The van der Waals surface area contributed by atoms with E-state index in [-0.39, 0.29) is 6.04 Å². The Labute approximate surface area is 125 Å². The average Bonchev–Trinajstić information content (AvgIpc) is 2.50. The lowest BCUT2D eigenvalue weighted by molar-refractivity contribution is 0.722. The lowest BCUT2D eigenvalue weighted by atomic mass is 9.96. The number of fused-ring (bicyclic) bond motifs is 1. The SMILES string of the molecule is Cc1ccc(CC(N)c2ccc3ncccc3c2)cc1C. The Kier molecular flexibility index (Phi) is 3.72. The molecule has 0 aliphatic heterocycles. The number of pyridine rings is 1. The Balaban J connectivity index is 1.85. The van der Waals surface area contributed by atoms with E-state index in [1.165, 1.54) is 16.7 Å². The molecule has 0 spiro atoms. The molecule has 2 aromatic carbocycles. The summed E-state index contributed by atoms with van der Waals surface area (Å²) in [4.78, 5) is 4.35.